The number of anilines is 2. The van der Waals surface area contributed by atoms with Crippen molar-refractivity contribution in [3.05, 3.63) is 53.6 Å². The number of benzene rings is 2. The van der Waals surface area contributed by atoms with Crippen LogP contribution in [0.25, 0.3) is 0 Å². The minimum absolute atomic E-state index is 0.0473. The monoisotopic (exact) mass is 455 g/mol. The Morgan fingerprint density at radius 3 is 2.78 bits per heavy atom. The summed E-state index contributed by atoms with van der Waals surface area (Å²) in [5.74, 6) is -0.590. The van der Waals surface area contributed by atoms with Crippen molar-refractivity contribution < 1.29 is 18.0 Å². The number of hydrogen-bond donors (Lipinski definition) is 2. The Morgan fingerprint density at radius 1 is 1.16 bits per heavy atom. The minimum atomic E-state index is -3.73. The Balaban J connectivity index is 1.50. The van der Waals surface area contributed by atoms with Crippen LogP contribution in [-0.4, -0.2) is 37.6 Å². The number of piperidine rings is 1. The fraction of sp³-hybridized carbons (Fsp3) is 0.417. The first-order chi connectivity index (χ1) is 15.4. The molecule has 2 aliphatic rings. The lowest BCUT2D eigenvalue weighted by Gasteiger charge is -2.31. The maximum absolute atomic E-state index is 13.4. The first-order valence-electron chi connectivity index (χ1n) is 11.2. The van der Waals surface area contributed by atoms with Crippen LogP contribution >= 0.6 is 0 Å². The number of amides is 2. The van der Waals surface area contributed by atoms with Crippen LogP contribution < -0.4 is 10.6 Å². The normalized spacial score (nSPS) is 19.5. The zero-order valence-electron chi connectivity index (χ0n) is 18.3. The Labute approximate surface area is 189 Å². The van der Waals surface area contributed by atoms with Crippen molar-refractivity contribution in [2.75, 3.05) is 23.7 Å². The van der Waals surface area contributed by atoms with Crippen molar-refractivity contribution in [1.82, 2.24) is 4.31 Å². The van der Waals surface area contributed by atoms with E-state index in [2.05, 4.69) is 10.6 Å². The number of para-hydroxylation sites is 1. The third-order valence-corrected chi connectivity index (χ3v) is 8.11. The molecule has 2 aliphatic heterocycles. The molecule has 0 unspecified atom stereocenters. The molecule has 0 aromatic heterocycles. The number of nitrogens with one attached hydrogen (secondary N) is 2. The molecule has 1 fully saturated rings. The summed E-state index contributed by atoms with van der Waals surface area (Å²) in [6.07, 6.45) is 3.87. The molecule has 0 aliphatic carbocycles. The standard InChI is InChI=1S/C24H29N3O4S/c1-2-17-7-3-4-10-21(17)26-24(29)19-9-6-14-27(16-19)32(30,31)20-12-13-22-18(15-20)8-5-11-23(28)25-22/h3-4,7,10,12-13,15,19H,2,5-6,8-9,11,14,16H2,1H3,(H,25,28)(H,26,29)/t19-/m1/s1. The van der Waals surface area contributed by atoms with Crippen molar-refractivity contribution in [2.45, 2.75) is 50.3 Å². The zero-order valence-corrected chi connectivity index (χ0v) is 19.1. The summed E-state index contributed by atoms with van der Waals surface area (Å²) < 4.78 is 28.1. The number of fused-ring (bicyclic) bond motifs is 1. The number of rotatable bonds is 5. The first-order valence-corrected chi connectivity index (χ1v) is 12.6. The maximum Gasteiger partial charge on any atom is 0.243 e. The Kier molecular flexibility index (Phi) is 6.62. The molecular weight excluding hydrogens is 426 g/mol. The zero-order chi connectivity index (χ0) is 22.7. The molecule has 2 aromatic rings. The molecule has 4 rings (SSSR count). The summed E-state index contributed by atoms with van der Waals surface area (Å²) >= 11 is 0. The molecule has 2 amide bonds. The van der Waals surface area contributed by atoms with Gasteiger partial charge in [-0.1, -0.05) is 25.1 Å². The van der Waals surface area contributed by atoms with E-state index in [1.54, 1.807) is 18.2 Å². The lowest BCUT2D eigenvalue weighted by molar-refractivity contribution is -0.121. The van der Waals surface area contributed by atoms with E-state index in [1.807, 2.05) is 31.2 Å². The van der Waals surface area contributed by atoms with Gasteiger partial charge in [0.15, 0.2) is 0 Å². The van der Waals surface area contributed by atoms with Crippen molar-refractivity contribution in [3.63, 3.8) is 0 Å². The van der Waals surface area contributed by atoms with E-state index in [0.717, 1.165) is 23.2 Å². The summed E-state index contributed by atoms with van der Waals surface area (Å²) in [6.45, 7) is 2.59. The van der Waals surface area contributed by atoms with E-state index in [1.165, 1.54) is 4.31 Å². The van der Waals surface area contributed by atoms with Gasteiger partial charge in [-0.3, -0.25) is 9.59 Å². The maximum atomic E-state index is 13.4. The van der Waals surface area contributed by atoms with Crippen molar-refractivity contribution in [2.24, 2.45) is 5.92 Å². The van der Waals surface area contributed by atoms with Crippen LogP contribution in [0.2, 0.25) is 0 Å². The van der Waals surface area contributed by atoms with E-state index in [-0.39, 0.29) is 23.3 Å². The lowest BCUT2D eigenvalue weighted by Crippen LogP contribution is -2.43. The Hall–Kier alpha value is -2.71. The molecule has 1 saturated heterocycles. The average molecular weight is 456 g/mol. The molecule has 0 radical (unpaired) electrons. The van der Waals surface area contributed by atoms with Crippen LogP contribution in [0.15, 0.2) is 47.4 Å². The molecule has 2 N–H and O–H groups in total. The van der Waals surface area contributed by atoms with E-state index in [9.17, 15) is 18.0 Å². The number of hydrogen-bond acceptors (Lipinski definition) is 4. The van der Waals surface area contributed by atoms with Crippen LogP contribution in [0.1, 0.15) is 43.7 Å². The first kappa shape index (κ1) is 22.5. The summed E-state index contributed by atoms with van der Waals surface area (Å²) in [6, 6.07) is 12.6. The van der Waals surface area contributed by atoms with Gasteiger partial charge in [0, 0.05) is 30.9 Å². The van der Waals surface area contributed by atoms with Gasteiger partial charge in [0.25, 0.3) is 0 Å². The molecule has 0 spiro atoms. The van der Waals surface area contributed by atoms with Gasteiger partial charge < -0.3 is 10.6 Å². The van der Waals surface area contributed by atoms with Crippen molar-refractivity contribution in [3.8, 4) is 0 Å². The molecule has 8 heteroatoms. The molecule has 7 nitrogen and oxygen atoms in total. The Bertz CT molecular complexity index is 1130. The minimum Gasteiger partial charge on any atom is -0.326 e. The summed E-state index contributed by atoms with van der Waals surface area (Å²) in [7, 11) is -3.73. The third-order valence-electron chi connectivity index (χ3n) is 6.25. The van der Waals surface area contributed by atoms with Crippen molar-refractivity contribution >= 4 is 33.2 Å². The third kappa shape index (κ3) is 4.71. The summed E-state index contributed by atoms with van der Waals surface area (Å²) in [4.78, 5) is 24.9. The van der Waals surface area contributed by atoms with Crippen LogP contribution in [0, 0.1) is 5.92 Å². The highest BCUT2D eigenvalue weighted by molar-refractivity contribution is 7.89. The fourth-order valence-corrected chi connectivity index (χ4v) is 6.00. The second kappa shape index (κ2) is 9.42. The van der Waals surface area contributed by atoms with E-state index in [4.69, 9.17) is 0 Å². The van der Waals surface area contributed by atoms with Gasteiger partial charge in [-0.25, -0.2) is 8.42 Å². The quantitative estimate of drug-likeness (QED) is 0.721. The van der Waals surface area contributed by atoms with Gasteiger partial charge >= 0.3 is 0 Å². The van der Waals surface area contributed by atoms with Crippen LogP contribution in [0.5, 0.6) is 0 Å². The van der Waals surface area contributed by atoms with Gasteiger partial charge in [-0.2, -0.15) is 4.31 Å². The topological polar surface area (TPSA) is 95.6 Å². The molecule has 2 aromatic carbocycles. The average Bonchev–Trinajstić information content (AvgIpc) is 2.99. The largest absolute Gasteiger partial charge is 0.326 e. The number of nitrogens with zero attached hydrogens (tertiary/aromatic N) is 1. The number of aryl methyl sites for hydroxylation is 2. The van der Waals surface area contributed by atoms with Gasteiger partial charge in [0.2, 0.25) is 21.8 Å². The van der Waals surface area contributed by atoms with Gasteiger partial charge in [-0.05, 0) is 67.5 Å². The second-order valence-electron chi connectivity index (χ2n) is 8.42. The molecule has 0 bridgehead atoms. The predicted octanol–water partition coefficient (Wildman–Crippen LogP) is 3.56. The van der Waals surface area contributed by atoms with Crippen LogP contribution in [0.4, 0.5) is 11.4 Å². The van der Waals surface area contributed by atoms with Crippen LogP contribution in [0.3, 0.4) is 0 Å². The van der Waals surface area contributed by atoms with E-state index < -0.39 is 15.9 Å². The van der Waals surface area contributed by atoms with Crippen LogP contribution in [-0.2, 0) is 32.5 Å². The fourth-order valence-electron chi connectivity index (χ4n) is 4.42. The summed E-state index contributed by atoms with van der Waals surface area (Å²) in [5.41, 5.74) is 3.35. The van der Waals surface area contributed by atoms with Crippen molar-refractivity contribution in [1.29, 1.82) is 0 Å². The molecule has 2 heterocycles. The highest BCUT2D eigenvalue weighted by Crippen LogP contribution is 2.29. The van der Waals surface area contributed by atoms with E-state index in [0.29, 0.717) is 44.3 Å². The number of carbonyl (C=O) groups excluding carboxylic acids is 2. The van der Waals surface area contributed by atoms with Gasteiger partial charge in [-0.15, -0.1) is 0 Å². The SMILES string of the molecule is CCc1ccccc1NC(=O)[C@@H]1CCCN(S(=O)(=O)c2ccc3c(c2)CCCC(=O)N3)C1. The lowest BCUT2D eigenvalue weighted by atomic mass is 9.98. The van der Waals surface area contributed by atoms with Gasteiger partial charge in [0.05, 0.1) is 10.8 Å². The smallest absolute Gasteiger partial charge is 0.243 e. The van der Waals surface area contributed by atoms with E-state index >= 15 is 0 Å². The second-order valence-corrected chi connectivity index (χ2v) is 10.4. The Morgan fingerprint density at radius 2 is 1.97 bits per heavy atom. The van der Waals surface area contributed by atoms with Gasteiger partial charge in [0.1, 0.15) is 0 Å². The highest BCUT2D eigenvalue weighted by Gasteiger charge is 2.34. The number of sulfonamides is 1. The molecule has 32 heavy (non-hydrogen) atoms. The highest BCUT2D eigenvalue weighted by atomic mass is 32.2. The summed E-state index contributed by atoms with van der Waals surface area (Å²) in [5, 5.41) is 5.83. The molecule has 170 valence electrons. The molecule has 1 atom stereocenters. The molecule has 0 saturated carbocycles. The predicted molar refractivity (Wildman–Crippen MR) is 124 cm³/mol. The molecular formula is C24H29N3O4S. The number of carbonyl (C=O) groups is 2.